The molecule has 1 nitrogen and oxygen atoms in total. The van der Waals surface area contributed by atoms with Crippen molar-refractivity contribution in [1.29, 1.82) is 0 Å². The van der Waals surface area contributed by atoms with Crippen LogP contribution in [0.5, 0.6) is 0 Å². The Morgan fingerprint density at radius 2 is 2.17 bits per heavy atom. The minimum atomic E-state index is 0.191. The molecule has 18 heavy (non-hydrogen) atoms. The van der Waals surface area contributed by atoms with Crippen LogP contribution in [0.4, 0.5) is 0 Å². The molecular formula is C13H15BrClNS2. The summed E-state index contributed by atoms with van der Waals surface area (Å²) in [6.07, 6.45) is 1.11. The molecule has 0 fully saturated rings. The molecule has 0 amide bonds. The van der Waals surface area contributed by atoms with Gasteiger partial charge in [-0.25, -0.2) is 0 Å². The molecule has 0 aliphatic heterocycles. The highest BCUT2D eigenvalue weighted by Gasteiger charge is 2.21. The van der Waals surface area contributed by atoms with Crippen molar-refractivity contribution in [3.05, 3.63) is 41.6 Å². The quantitative estimate of drug-likeness (QED) is 0.725. The van der Waals surface area contributed by atoms with Gasteiger partial charge < -0.3 is 5.32 Å². The topological polar surface area (TPSA) is 12.0 Å². The van der Waals surface area contributed by atoms with Crippen molar-refractivity contribution in [1.82, 2.24) is 5.32 Å². The Balaban J connectivity index is 2.37. The minimum Gasteiger partial charge on any atom is -0.305 e. The normalized spacial score (nSPS) is 12.9. The van der Waals surface area contributed by atoms with Crippen LogP contribution in [0.2, 0.25) is 5.02 Å². The summed E-state index contributed by atoms with van der Waals surface area (Å²) in [7, 11) is 0. The SMILES string of the molecule is CCCNC(c1cscc1Br)c1scc(C)c1Cl. The number of halogens is 2. The number of rotatable bonds is 5. The molecule has 1 atom stereocenters. The molecule has 0 saturated heterocycles. The molecular weight excluding hydrogens is 350 g/mol. The molecule has 0 bridgehead atoms. The van der Waals surface area contributed by atoms with Crippen molar-refractivity contribution >= 4 is 50.2 Å². The summed E-state index contributed by atoms with van der Waals surface area (Å²) in [5, 5.41) is 10.9. The highest BCUT2D eigenvalue weighted by molar-refractivity contribution is 9.10. The third-order valence-corrected chi connectivity index (χ3v) is 6.27. The van der Waals surface area contributed by atoms with Gasteiger partial charge in [-0.05, 0) is 57.7 Å². The number of hydrogen-bond acceptors (Lipinski definition) is 3. The van der Waals surface area contributed by atoms with Crippen LogP contribution in [-0.2, 0) is 0 Å². The Labute approximate surface area is 129 Å². The molecule has 1 N–H and O–H groups in total. The van der Waals surface area contributed by atoms with E-state index in [2.05, 4.69) is 51.2 Å². The predicted molar refractivity (Wildman–Crippen MR) is 86.2 cm³/mol. The van der Waals surface area contributed by atoms with Crippen molar-refractivity contribution in [3.8, 4) is 0 Å². The fourth-order valence-electron chi connectivity index (χ4n) is 1.77. The summed E-state index contributed by atoms with van der Waals surface area (Å²) in [5.41, 5.74) is 2.43. The summed E-state index contributed by atoms with van der Waals surface area (Å²) in [4.78, 5) is 1.21. The second-order valence-electron chi connectivity index (χ2n) is 4.16. The lowest BCUT2D eigenvalue weighted by atomic mass is 10.1. The first-order valence-electron chi connectivity index (χ1n) is 5.83. The van der Waals surface area contributed by atoms with Crippen molar-refractivity contribution < 1.29 is 0 Å². The van der Waals surface area contributed by atoms with Crippen LogP contribution >= 0.6 is 50.2 Å². The Bertz CT molecular complexity index is 521. The highest BCUT2D eigenvalue weighted by Crippen LogP contribution is 2.39. The van der Waals surface area contributed by atoms with Crippen LogP contribution in [0.25, 0.3) is 0 Å². The average Bonchev–Trinajstić information content (AvgIpc) is 2.91. The van der Waals surface area contributed by atoms with E-state index in [-0.39, 0.29) is 6.04 Å². The summed E-state index contributed by atoms with van der Waals surface area (Å²) in [5.74, 6) is 0. The maximum atomic E-state index is 6.41. The molecule has 0 radical (unpaired) electrons. The fraction of sp³-hybridized carbons (Fsp3) is 0.385. The van der Waals surface area contributed by atoms with Crippen LogP contribution in [0.15, 0.2) is 20.6 Å². The van der Waals surface area contributed by atoms with Gasteiger partial charge in [-0.15, -0.1) is 11.3 Å². The zero-order chi connectivity index (χ0) is 13.1. The van der Waals surface area contributed by atoms with Gasteiger partial charge in [0.1, 0.15) is 0 Å². The molecule has 0 spiro atoms. The van der Waals surface area contributed by atoms with Crippen molar-refractivity contribution in [2.24, 2.45) is 0 Å². The Hall–Kier alpha value is 0.130. The molecule has 2 rings (SSSR count). The monoisotopic (exact) mass is 363 g/mol. The lowest BCUT2D eigenvalue weighted by Gasteiger charge is -2.17. The van der Waals surface area contributed by atoms with E-state index in [0.717, 1.165) is 28.0 Å². The first kappa shape index (κ1) is 14.5. The van der Waals surface area contributed by atoms with Gasteiger partial charge in [0.25, 0.3) is 0 Å². The Morgan fingerprint density at radius 1 is 1.39 bits per heavy atom. The number of thiophene rings is 2. The smallest absolute Gasteiger partial charge is 0.0705 e. The molecule has 5 heteroatoms. The number of nitrogens with one attached hydrogen (secondary N) is 1. The fourth-order valence-corrected chi connectivity index (χ4v) is 4.72. The van der Waals surface area contributed by atoms with Crippen LogP contribution in [0, 0.1) is 6.92 Å². The maximum Gasteiger partial charge on any atom is 0.0705 e. The summed E-state index contributed by atoms with van der Waals surface area (Å²) in [6, 6.07) is 0.191. The van der Waals surface area contributed by atoms with Gasteiger partial charge in [-0.2, -0.15) is 11.3 Å². The van der Waals surface area contributed by atoms with E-state index in [9.17, 15) is 0 Å². The van der Waals surface area contributed by atoms with Crippen molar-refractivity contribution in [2.45, 2.75) is 26.3 Å². The first-order chi connectivity index (χ1) is 8.65. The third-order valence-electron chi connectivity index (χ3n) is 2.74. The highest BCUT2D eigenvalue weighted by atomic mass is 79.9. The molecule has 98 valence electrons. The van der Waals surface area contributed by atoms with E-state index in [0.29, 0.717) is 0 Å². The maximum absolute atomic E-state index is 6.41. The van der Waals surface area contributed by atoms with E-state index in [1.807, 2.05) is 0 Å². The van der Waals surface area contributed by atoms with Gasteiger partial charge in [0.2, 0.25) is 0 Å². The van der Waals surface area contributed by atoms with E-state index in [1.165, 1.54) is 10.4 Å². The second-order valence-corrected chi connectivity index (χ2v) is 7.05. The van der Waals surface area contributed by atoms with Crippen molar-refractivity contribution in [3.63, 3.8) is 0 Å². The zero-order valence-electron chi connectivity index (χ0n) is 10.3. The van der Waals surface area contributed by atoms with Gasteiger partial charge in [0.15, 0.2) is 0 Å². The van der Waals surface area contributed by atoms with Crippen LogP contribution < -0.4 is 5.32 Å². The largest absolute Gasteiger partial charge is 0.305 e. The Kier molecular flexibility index (Phi) is 5.27. The zero-order valence-corrected chi connectivity index (χ0v) is 14.3. The molecule has 0 aliphatic rings. The van der Waals surface area contributed by atoms with Gasteiger partial charge in [0.05, 0.1) is 11.1 Å². The van der Waals surface area contributed by atoms with E-state index in [1.54, 1.807) is 22.7 Å². The Morgan fingerprint density at radius 3 is 2.67 bits per heavy atom. The van der Waals surface area contributed by atoms with E-state index >= 15 is 0 Å². The average molecular weight is 365 g/mol. The third kappa shape index (κ3) is 2.99. The van der Waals surface area contributed by atoms with E-state index in [4.69, 9.17) is 11.6 Å². The molecule has 1 unspecified atom stereocenters. The van der Waals surface area contributed by atoms with Gasteiger partial charge in [-0.3, -0.25) is 0 Å². The lowest BCUT2D eigenvalue weighted by molar-refractivity contribution is 0.605. The number of hydrogen-bond donors (Lipinski definition) is 1. The molecule has 0 aliphatic carbocycles. The molecule has 0 saturated carbocycles. The predicted octanol–water partition coefficient (Wildman–Crippen LogP) is 5.62. The molecule has 2 aromatic heterocycles. The summed E-state index contributed by atoms with van der Waals surface area (Å²) < 4.78 is 1.16. The molecule has 2 heterocycles. The lowest BCUT2D eigenvalue weighted by Crippen LogP contribution is -2.22. The van der Waals surface area contributed by atoms with Crippen LogP contribution in [0.1, 0.15) is 35.4 Å². The second kappa shape index (κ2) is 6.53. The first-order valence-corrected chi connectivity index (χ1v) is 8.83. The molecule has 2 aromatic rings. The summed E-state index contributed by atoms with van der Waals surface area (Å²) in [6.45, 7) is 5.22. The van der Waals surface area contributed by atoms with Gasteiger partial charge >= 0.3 is 0 Å². The summed E-state index contributed by atoms with van der Waals surface area (Å²) >= 11 is 13.5. The standard InChI is InChI=1S/C13H15BrClNS2/c1-3-4-16-12(9-6-17-7-10(9)14)13-11(15)8(2)5-18-13/h5-7,12,16H,3-4H2,1-2H3. The van der Waals surface area contributed by atoms with Gasteiger partial charge in [-0.1, -0.05) is 18.5 Å². The van der Waals surface area contributed by atoms with Crippen molar-refractivity contribution in [2.75, 3.05) is 6.54 Å². The van der Waals surface area contributed by atoms with Gasteiger partial charge in [0, 0.05) is 14.7 Å². The minimum absolute atomic E-state index is 0.191. The molecule has 0 aromatic carbocycles. The van der Waals surface area contributed by atoms with Crippen LogP contribution in [0.3, 0.4) is 0 Å². The van der Waals surface area contributed by atoms with Crippen LogP contribution in [-0.4, -0.2) is 6.54 Å². The van der Waals surface area contributed by atoms with E-state index < -0.39 is 0 Å². The number of aryl methyl sites for hydroxylation is 1.